The van der Waals surface area contributed by atoms with Gasteiger partial charge in [0, 0.05) is 30.7 Å². The molecular formula is C18H24N6O. The van der Waals surface area contributed by atoms with Crippen LogP contribution < -0.4 is 0 Å². The summed E-state index contributed by atoms with van der Waals surface area (Å²) in [7, 11) is 0. The second-order valence-corrected chi connectivity index (χ2v) is 6.91. The van der Waals surface area contributed by atoms with Crippen LogP contribution in [0, 0.1) is 0 Å². The van der Waals surface area contributed by atoms with Crippen LogP contribution in [0.3, 0.4) is 0 Å². The number of tetrazole rings is 1. The molecule has 1 amide bonds. The van der Waals surface area contributed by atoms with Crippen molar-refractivity contribution in [2.45, 2.75) is 44.7 Å². The molecule has 2 heterocycles. The molecule has 1 aliphatic carbocycles. The Hall–Kier alpha value is -2.28. The van der Waals surface area contributed by atoms with E-state index >= 15 is 0 Å². The molecule has 2 aromatic rings. The minimum absolute atomic E-state index is 0.146. The third kappa shape index (κ3) is 3.42. The lowest BCUT2D eigenvalue weighted by atomic mass is 10.0. The van der Waals surface area contributed by atoms with E-state index in [0.717, 1.165) is 56.6 Å². The molecular weight excluding hydrogens is 316 g/mol. The Labute approximate surface area is 147 Å². The van der Waals surface area contributed by atoms with Crippen LogP contribution in [0.25, 0.3) is 5.69 Å². The highest BCUT2D eigenvalue weighted by molar-refractivity contribution is 5.95. The van der Waals surface area contributed by atoms with Crippen LogP contribution in [-0.2, 0) is 0 Å². The molecule has 0 atom stereocenters. The summed E-state index contributed by atoms with van der Waals surface area (Å²) in [6.45, 7) is 5.47. The predicted molar refractivity (Wildman–Crippen MR) is 93.5 cm³/mol. The van der Waals surface area contributed by atoms with Gasteiger partial charge in [-0.2, -0.15) is 0 Å². The van der Waals surface area contributed by atoms with Crippen molar-refractivity contribution < 1.29 is 4.79 Å². The Bertz CT molecular complexity index is 719. The second-order valence-electron chi connectivity index (χ2n) is 6.91. The van der Waals surface area contributed by atoms with E-state index in [-0.39, 0.29) is 5.91 Å². The molecule has 1 saturated heterocycles. The van der Waals surface area contributed by atoms with Gasteiger partial charge in [-0.05, 0) is 60.9 Å². The highest BCUT2D eigenvalue weighted by Gasteiger charge is 2.38. The zero-order valence-corrected chi connectivity index (χ0v) is 14.6. The Morgan fingerprint density at radius 1 is 1.20 bits per heavy atom. The average molecular weight is 340 g/mol. The number of hydrogen-bond acceptors (Lipinski definition) is 5. The number of benzene rings is 1. The molecule has 4 rings (SSSR count). The second kappa shape index (κ2) is 6.92. The van der Waals surface area contributed by atoms with E-state index in [9.17, 15) is 4.79 Å². The number of hydrogen-bond donors (Lipinski definition) is 0. The van der Waals surface area contributed by atoms with E-state index in [1.807, 2.05) is 24.3 Å². The summed E-state index contributed by atoms with van der Waals surface area (Å²) in [5.74, 6) is 0.146. The van der Waals surface area contributed by atoms with Gasteiger partial charge in [-0.25, -0.2) is 4.68 Å². The Kier molecular flexibility index (Phi) is 4.48. The van der Waals surface area contributed by atoms with E-state index < -0.39 is 0 Å². The molecule has 2 aliphatic rings. The van der Waals surface area contributed by atoms with Crippen molar-refractivity contribution in [1.82, 2.24) is 30.0 Å². The van der Waals surface area contributed by atoms with E-state index in [0.29, 0.717) is 12.1 Å². The maximum absolute atomic E-state index is 13.2. The highest BCUT2D eigenvalue weighted by atomic mass is 16.2. The standard InChI is InChI=1S/C18H24N6O/c1-2-22-10-8-16(9-11-22)24(15-6-7-15)18(25)14-4-3-5-17(12-14)23-13-19-20-21-23/h3-5,12-13,15-16H,2,6-11H2,1H3. The van der Waals surface area contributed by atoms with E-state index in [2.05, 4.69) is 32.2 Å². The summed E-state index contributed by atoms with van der Waals surface area (Å²) in [5.41, 5.74) is 1.53. The number of likely N-dealkylation sites (tertiary alicyclic amines) is 1. The van der Waals surface area contributed by atoms with Crippen molar-refractivity contribution in [2.75, 3.05) is 19.6 Å². The van der Waals surface area contributed by atoms with Crippen molar-refractivity contribution in [3.05, 3.63) is 36.2 Å². The van der Waals surface area contributed by atoms with Gasteiger partial charge in [0.05, 0.1) is 5.69 Å². The number of carbonyl (C=O) groups excluding carboxylic acids is 1. The van der Waals surface area contributed by atoms with Gasteiger partial charge >= 0.3 is 0 Å². The lowest BCUT2D eigenvalue weighted by Gasteiger charge is -2.38. The number of piperidine rings is 1. The largest absolute Gasteiger partial charge is 0.333 e. The van der Waals surface area contributed by atoms with Gasteiger partial charge in [-0.3, -0.25) is 4.79 Å². The normalized spacial score (nSPS) is 19.1. The molecule has 1 aromatic heterocycles. The first-order valence-electron chi connectivity index (χ1n) is 9.14. The van der Waals surface area contributed by atoms with Crippen LogP contribution in [0.1, 0.15) is 43.0 Å². The molecule has 0 N–H and O–H groups in total. The fourth-order valence-electron chi connectivity index (χ4n) is 3.71. The van der Waals surface area contributed by atoms with Crippen LogP contribution in [0.5, 0.6) is 0 Å². The molecule has 0 radical (unpaired) electrons. The van der Waals surface area contributed by atoms with Crippen LogP contribution in [0.15, 0.2) is 30.6 Å². The molecule has 7 heteroatoms. The maximum atomic E-state index is 13.2. The highest BCUT2D eigenvalue weighted by Crippen LogP contribution is 2.33. The Balaban J connectivity index is 1.54. The van der Waals surface area contributed by atoms with E-state index in [1.165, 1.54) is 0 Å². The van der Waals surface area contributed by atoms with E-state index in [4.69, 9.17) is 0 Å². The first-order valence-corrected chi connectivity index (χ1v) is 9.14. The van der Waals surface area contributed by atoms with Crippen molar-refractivity contribution >= 4 is 5.91 Å². The summed E-state index contributed by atoms with van der Waals surface area (Å²) >= 11 is 0. The minimum atomic E-state index is 0.146. The molecule has 0 spiro atoms. The van der Waals surface area contributed by atoms with Crippen molar-refractivity contribution in [3.8, 4) is 5.69 Å². The monoisotopic (exact) mass is 340 g/mol. The molecule has 2 fully saturated rings. The van der Waals surface area contributed by atoms with Gasteiger partial charge < -0.3 is 9.80 Å². The van der Waals surface area contributed by atoms with Crippen LogP contribution in [-0.4, -0.2) is 67.6 Å². The number of nitrogens with zero attached hydrogens (tertiary/aromatic N) is 6. The Morgan fingerprint density at radius 2 is 1.96 bits per heavy atom. The van der Waals surface area contributed by atoms with Gasteiger partial charge in [-0.15, -0.1) is 5.10 Å². The van der Waals surface area contributed by atoms with Gasteiger partial charge in [0.1, 0.15) is 6.33 Å². The molecule has 25 heavy (non-hydrogen) atoms. The molecule has 132 valence electrons. The lowest BCUT2D eigenvalue weighted by molar-refractivity contribution is 0.0554. The molecule has 1 saturated carbocycles. The molecule has 7 nitrogen and oxygen atoms in total. The molecule has 1 aliphatic heterocycles. The molecule has 0 unspecified atom stereocenters. The third-order valence-electron chi connectivity index (χ3n) is 5.28. The topological polar surface area (TPSA) is 67.2 Å². The zero-order chi connectivity index (χ0) is 17.2. The number of aromatic nitrogens is 4. The van der Waals surface area contributed by atoms with Gasteiger partial charge in [0.2, 0.25) is 0 Å². The van der Waals surface area contributed by atoms with Crippen LogP contribution in [0.2, 0.25) is 0 Å². The fourth-order valence-corrected chi connectivity index (χ4v) is 3.71. The summed E-state index contributed by atoms with van der Waals surface area (Å²) < 4.78 is 1.58. The Morgan fingerprint density at radius 3 is 2.60 bits per heavy atom. The fraction of sp³-hybridized carbons (Fsp3) is 0.556. The van der Waals surface area contributed by atoms with Gasteiger partial charge in [0.25, 0.3) is 5.91 Å². The van der Waals surface area contributed by atoms with Crippen LogP contribution in [0.4, 0.5) is 0 Å². The number of carbonyl (C=O) groups is 1. The SMILES string of the molecule is CCN1CCC(N(C(=O)c2cccc(-n3cnnn3)c2)C2CC2)CC1. The first kappa shape index (κ1) is 16.2. The first-order chi connectivity index (χ1) is 12.3. The zero-order valence-electron chi connectivity index (χ0n) is 14.6. The lowest BCUT2D eigenvalue weighted by Crippen LogP contribution is -2.48. The third-order valence-corrected chi connectivity index (χ3v) is 5.28. The minimum Gasteiger partial charge on any atom is -0.333 e. The molecule has 1 aromatic carbocycles. The smallest absolute Gasteiger partial charge is 0.254 e. The van der Waals surface area contributed by atoms with Crippen molar-refractivity contribution in [2.24, 2.45) is 0 Å². The summed E-state index contributed by atoms with van der Waals surface area (Å²) in [4.78, 5) is 17.9. The number of rotatable bonds is 5. The number of amides is 1. The van der Waals surface area contributed by atoms with Gasteiger partial charge in [0.15, 0.2) is 0 Å². The van der Waals surface area contributed by atoms with E-state index in [1.54, 1.807) is 11.0 Å². The van der Waals surface area contributed by atoms with Gasteiger partial charge in [-0.1, -0.05) is 13.0 Å². The maximum Gasteiger partial charge on any atom is 0.254 e. The molecule has 0 bridgehead atoms. The quantitative estimate of drug-likeness (QED) is 0.829. The van der Waals surface area contributed by atoms with Crippen LogP contribution >= 0.6 is 0 Å². The summed E-state index contributed by atoms with van der Waals surface area (Å²) in [6, 6.07) is 8.37. The predicted octanol–water partition coefficient (Wildman–Crippen LogP) is 1.75. The van der Waals surface area contributed by atoms with Crippen molar-refractivity contribution in [3.63, 3.8) is 0 Å². The summed E-state index contributed by atoms with van der Waals surface area (Å²) in [5, 5.41) is 11.2. The van der Waals surface area contributed by atoms with Crippen molar-refractivity contribution in [1.29, 1.82) is 0 Å². The summed E-state index contributed by atoms with van der Waals surface area (Å²) in [6.07, 6.45) is 5.95. The average Bonchev–Trinajstić information content (AvgIpc) is 3.34.